The minimum atomic E-state index is -0.301. The van der Waals surface area contributed by atoms with E-state index in [9.17, 15) is 4.79 Å². The van der Waals surface area contributed by atoms with Crippen LogP contribution in [0.25, 0.3) is 0 Å². The van der Waals surface area contributed by atoms with Gasteiger partial charge in [0.2, 0.25) is 0 Å². The fourth-order valence-corrected chi connectivity index (χ4v) is 0.964. The molecule has 0 saturated carbocycles. The highest BCUT2D eigenvalue weighted by atomic mass is 16.3. The second kappa shape index (κ2) is 5.70. The maximum absolute atomic E-state index is 11.2. The third-order valence-electron chi connectivity index (χ3n) is 1.69. The van der Waals surface area contributed by atoms with Gasteiger partial charge in [0.1, 0.15) is 5.75 Å². The number of aromatic hydroxyl groups is 1. The van der Waals surface area contributed by atoms with Crippen molar-refractivity contribution in [2.24, 2.45) is 0 Å². The molecular weight excluding hydrogens is 192 g/mol. The molecule has 0 aliphatic heterocycles. The Kier molecular flexibility index (Phi) is 4.22. The average Bonchev–Trinajstić information content (AvgIpc) is 2.22. The van der Waals surface area contributed by atoms with Gasteiger partial charge in [-0.1, -0.05) is 13.0 Å². The summed E-state index contributed by atoms with van der Waals surface area (Å²) in [5.74, 6) is 0.173. The third kappa shape index (κ3) is 4.17. The van der Waals surface area contributed by atoms with E-state index in [-0.39, 0.29) is 11.8 Å². The molecule has 0 bridgehead atoms. The number of benzene rings is 1. The van der Waals surface area contributed by atoms with Gasteiger partial charge >= 0.3 is 6.03 Å². The minimum absolute atomic E-state index is 0.173. The molecule has 0 aromatic heterocycles. The molecule has 0 aliphatic rings. The van der Waals surface area contributed by atoms with Crippen LogP contribution in [0.5, 0.6) is 5.75 Å². The molecule has 1 aromatic rings. The van der Waals surface area contributed by atoms with E-state index in [4.69, 9.17) is 5.11 Å². The molecule has 0 unspecified atom stereocenters. The average molecular weight is 206 g/mol. The van der Waals surface area contributed by atoms with E-state index >= 15 is 0 Å². The van der Waals surface area contributed by atoms with Gasteiger partial charge in [0, 0.05) is 11.9 Å². The first kappa shape index (κ1) is 11.1. The van der Waals surface area contributed by atoms with E-state index in [0.29, 0.717) is 5.69 Å². The fourth-order valence-electron chi connectivity index (χ4n) is 0.964. The second-order valence-corrected chi connectivity index (χ2v) is 2.96. The van der Waals surface area contributed by atoms with Crippen LogP contribution in [-0.4, -0.2) is 11.1 Å². The molecule has 3 N–H and O–H groups in total. The van der Waals surface area contributed by atoms with Crippen LogP contribution in [0.4, 0.5) is 10.5 Å². The number of carbonyl (C=O) groups excluding carboxylic acids is 1. The molecule has 1 aromatic carbocycles. The SMILES string of the molecule is CC/C=C/NC(=O)Nc1ccc(O)cc1. The number of carbonyl (C=O) groups is 1. The molecule has 15 heavy (non-hydrogen) atoms. The predicted octanol–water partition coefficient (Wildman–Crippen LogP) is 2.44. The number of phenolic OH excluding ortho intramolecular Hbond substituents is 1. The minimum Gasteiger partial charge on any atom is -0.508 e. The standard InChI is InChI=1S/C11H14N2O2/c1-2-3-8-12-11(15)13-9-4-6-10(14)7-5-9/h3-8,14H,2H2,1H3,(H2,12,13,15)/b8-3+. The van der Waals surface area contributed by atoms with Crippen LogP contribution in [0.3, 0.4) is 0 Å². The van der Waals surface area contributed by atoms with Gasteiger partial charge in [-0.2, -0.15) is 0 Å². The van der Waals surface area contributed by atoms with Crippen molar-refractivity contribution in [1.29, 1.82) is 0 Å². The summed E-state index contributed by atoms with van der Waals surface area (Å²) in [5.41, 5.74) is 0.634. The first-order chi connectivity index (χ1) is 7.22. The highest BCUT2D eigenvalue weighted by molar-refractivity contribution is 5.89. The second-order valence-electron chi connectivity index (χ2n) is 2.96. The molecule has 4 heteroatoms. The summed E-state index contributed by atoms with van der Waals surface area (Å²) in [7, 11) is 0. The van der Waals surface area contributed by atoms with Crippen LogP contribution in [-0.2, 0) is 0 Å². The van der Waals surface area contributed by atoms with E-state index in [0.717, 1.165) is 6.42 Å². The highest BCUT2D eigenvalue weighted by Gasteiger charge is 1.97. The van der Waals surface area contributed by atoms with E-state index < -0.39 is 0 Å². The summed E-state index contributed by atoms with van der Waals surface area (Å²) in [6.07, 6.45) is 4.31. The molecule has 80 valence electrons. The van der Waals surface area contributed by atoms with Gasteiger partial charge in [0.15, 0.2) is 0 Å². The lowest BCUT2D eigenvalue weighted by Gasteiger charge is -2.03. The number of anilines is 1. The zero-order valence-corrected chi connectivity index (χ0v) is 8.53. The fraction of sp³-hybridized carbons (Fsp3) is 0.182. The van der Waals surface area contributed by atoms with E-state index in [2.05, 4.69) is 10.6 Å². The summed E-state index contributed by atoms with van der Waals surface area (Å²) in [4.78, 5) is 11.2. The Morgan fingerprint density at radius 3 is 2.67 bits per heavy atom. The van der Waals surface area contributed by atoms with Gasteiger partial charge in [-0.05, 0) is 30.7 Å². The van der Waals surface area contributed by atoms with Gasteiger partial charge < -0.3 is 15.7 Å². The van der Waals surface area contributed by atoms with E-state index in [1.165, 1.54) is 12.1 Å². The summed E-state index contributed by atoms with van der Waals surface area (Å²) in [6.45, 7) is 1.98. The Morgan fingerprint density at radius 2 is 2.07 bits per heavy atom. The quantitative estimate of drug-likeness (QED) is 0.665. The van der Waals surface area contributed by atoms with Crippen molar-refractivity contribution in [3.63, 3.8) is 0 Å². The molecule has 0 radical (unpaired) electrons. The van der Waals surface area contributed by atoms with Crippen molar-refractivity contribution in [1.82, 2.24) is 5.32 Å². The van der Waals surface area contributed by atoms with Gasteiger partial charge in [0.05, 0.1) is 0 Å². The third-order valence-corrected chi connectivity index (χ3v) is 1.69. The molecule has 0 heterocycles. The molecule has 0 fully saturated rings. The number of hydrogen-bond donors (Lipinski definition) is 3. The van der Waals surface area contributed by atoms with Crippen molar-refractivity contribution in [3.8, 4) is 5.75 Å². The Bertz CT molecular complexity index is 344. The Morgan fingerprint density at radius 1 is 1.40 bits per heavy atom. The Balaban J connectivity index is 2.44. The molecule has 0 spiro atoms. The summed E-state index contributed by atoms with van der Waals surface area (Å²) in [6, 6.07) is 5.97. The van der Waals surface area contributed by atoms with E-state index in [1.54, 1.807) is 18.3 Å². The Hall–Kier alpha value is -1.97. The zero-order valence-electron chi connectivity index (χ0n) is 8.53. The van der Waals surface area contributed by atoms with E-state index in [1.807, 2.05) is 13.0 Å². The monoisotopic (exact) mass is 206 g/mol. The van der Waals surface area contributed by atoms with Crippen LogP contribution >= 0.6 is 0 Å². The van der Waals surface area contributed by atoms with Crippen LogP contribution in [0.15, 0.2) is 36.5 Å². The molecule has 1 rings (SSSR count). The largest absolute Gasteiger partial charge is 0.508 e. The van der Waals surface area contributed by atoms with Crippen LogP contribution in [0.1, 0.15) is 13.3 Å². The van der Waals surface area contributed by atoms with Crippen molar-refractivity contribution < 1.29 is 9.90 Å². The molecule has 0 saturated heterocycles. The number of amides is 2. The van der Waals surface area contributed by atoms with Crippen molar-refractivity contribution in [2.45, 2.75) is 13.3 Å². The number of phenols is 1. The van der Waals surface area contributed by atoms with Crippen LogP contribution in [0.2, 0.25) is 0 Å². The first-order valence-electron chi connectivity index (χ1n) is 4.74. The van der Waals surface area contributed by atoms with Gasteiger partial charge in [-0.15, -0.1) is 0 Å². The van der Waals surface area contributed by atoms with Crippen molar-refractivity contribution in [2.75, 3.05) is 5.32 Å². The smallest absolute Gasteiger partial charge is 0.323 e. The zero-order chi connectivity index (χ0) is 11.1. The molecule has 0 aliphatic carbocycles. The molecule has 2 amide bonds. The number of urea groups is 1. The van der Waals surface area contributed by atoms with Gasteiger partial charge in [-0.25, -0.2) is 4.79 Å². The maximum atomic E-state index is 11.2. The van der Waals surface area contributed by atoms with Crippen LogP contribution in [0, 0.1) is 0 Å². The highest BCUT2D eigenvalue weighted by Crippen LogP contribution is 2.13. The van der Waals surface area contributed by atoms with Gasteiger partial charge in [0.25, 0.3) is 0 Å². The Labute approximate surface area is 88.6 Å². The number of nitrogens with one attached hydrogen (secondary N) is 2. The molecular formula is C11H14N2O2. The van der Waals surface area contributed by atoms with Crippen molar-refractivity contribution >= 4 is 11.7 Å². The summed E-state index contributed by atoms with van der Waals surface area (Å²) >= 11 is 0. The van der Waals surface area contributed by atoms with Gasteiger partial charge in [-0.3, -0.25) is 0 Å². The summed E-state index contributed by atoms with van der Waals surface area (Å²) in [5, 5.41) is 14.2. The lowest BCUT2D eigenvalue weighted by Crippen LogP contribution is -2.23. The summed E-state index contributed by atoms with van der Waals surface area (Å²) < 4.78 is 0. The topological polar surface area (TPSA) is 61.4 Å². The number of allylic oxidation sites excluding steroid dienone is 1. The van der Waals surface area contributed by atoms with Crippen molar-refractivity contribution in [3.05, 3.63) is 36.5 Å². The number of rotatable bonds is 3. The predicted molar refractivity (Wildman–Crippen MR) is 59.7 cm³/mol. The first-order valence-corrected chi connectivity index (χ1v) is 4.74. The maximum Gasteiger partial charge on any atom is 0.323 e. The lowest BCUT2D eigenvalue weighted by molar-refractivity contribution is 0.255. The lowest BCUT2D eigenvalue weighted by atomic mass is 10.3. The molecule has 4 nitrogen and oxygen atoms in total. The number of hydrogen-bond acceptors (Lipinski definition) is 2. The molecule has 0 atom stereocenters. The van der Waals surface area contributed by atoms with Crippen LogP contribution < -0.4 is 10.6 Å². The normalized spacial score (nSPS) is 10.2.